The average Bonchev–Trinajstić information content (AvgIpc) is 2.79. The summed E-state index contributed by atoms with van der Waals surface area (Å²) >= 11 is 1.48. The van der Waals surface area contributed by atoms with E-state index in [4.69, 9.17) is 11.1 Å². The molecule has 0 fully saturated rings. The van der Waals surface area contributed by atoms with Crippen LogP contribution in [0.15, 0.2) is 18.1 Å². The Morgan fingerprint density at radius 2 is 2.04 bits per heavy atom. The van der Waals surface area contributed by atoms with Gasteiger partial charge in [0, 0.05) is 22.4 Å². The summed E-state index contributed by atoms with van der Waals surface area (Å²) < 4.78 is 12.9. The molecular formula is C15H17FN6S. The summed E-state index contributed by atoms with van der Waals surface area (Å²) in [5, 5.41) is 11.2. The zero-order chi connectivity index (χ0) is 16.6. The Hall–Kier alpha value is -2.35. The lowest BCUT2D eigenvalue weighted by atomic mass is 9.85. The molecule has 23 heavy (non-hydrogen) atoms. The monoisotopic (exact) mass is 332 g/mol. The number of thiazole rings is 1. The third kappa shape index (κ3) is 3.21. The number of hydrogen-bond acceptors (Lipinski definition) is 7. The number of halogens is 1. The Bertz CT molecular complexity index is 778. The highest BCUT2D eigenvalue weighted by Crippen LogP contribution is 2.40. The van der Waals surface area contributed by atoms with Gasteiger partial charge in [0.2, 0.25) is 5.95 Å². The third-order valence-electron chi connectivity index (χ3n) is 3.59. The summed E-state index contributed by atoms with van der Waals surface area (Å²) in [4.78, 5) is 13.3. The van der Waals surface area contributed by atoms with Crippen molar-refractivity contribution in [3.8, 4) is 0 Å². The molecule has 0 unspecified atom stereocenters. The number of fused-ring (bicyclic) bond motifs is 1. The van der Waals surface area contributed by atoms with Crippen LogP contribution in [0.25, 0.3) is 5.57 Å². The number of allylic oxidation sites excluding steroid dienone is 2. The second kappa shape index (κ2) is 5.69. The van der Waals surface area contributed by atoms with E-state index in [1.807, 2.05) is 0 Å². The van der Waals surface area contributed by atoms with Gasteiger partial charge in [-0.1, -0.05) is 13.8 Å². The van der Waals surface area contributed by atoms with Crippen molar-refractivity contribution in [1.82, 2.24) is 15.0 Å². The maximum Gasteiger partial charge on any atom is 0.229 e. The minimum atomic E-state index is -0.492. The van der Waals surface area contributed by atoms with Gasteiger partial charge in [-0.15, -0.1) is 11.3 Å². The topological polar surface area (TPSA) is 101 Å². The molecule has 0 saturated heterocycles. The molecule has 1 aliphatic carbocycles. The van der Waals surface area contributed by atoms with Crippen molar-refractivity contribution in [3.05, 3.63) is 34.5 Å². The van der Waals surface area contributed by atoms with Gasteiger partial charge in [-0.3, -0.25) is 0 Å². The van der Waals surface area contributed by atoms with Crippen LogP contribution in [0.4, 0.5) is 15.5 Å². The van der Waals surface area contributed by atoms with Gasteiger partial charge in [0.1, 0.15) is 0 Å². The molecule has 2 aromatic heterocycles. The van der Waals surface area contributed by atoms with Crippen molar-refractivity contribution in [2.45, 2.75) is 26.7 Å². The van der Waals surface area contributed by atoms with Crippen LogP contribution < -0.4 is 11.1 Å². The molecule has 0 atom stereocenters. The van der Waals surface area contributed by atoms with Crippen LogP contribution in [0.5, 0.6) is 0 Å². The lowest BCUT2D eigenvalue weighted by Gasteiger charge is -2.22. The van der Waals surface area contributed by atoms with Gasteiger partial charge < -0.3 is 16.5 Å². The second-order valence-corrected chi connectivity index (χ2v) is 7.33. The smallest absolute Gasteiger partial charge is 0.229 e. The first-order chi connectivity index (χ1) is 10.9. The van der Waals surface area contributed by atoms with Gasteiger partial charge in [-0.2, -0.15) is 0 Å². The molecule has 4 N–H and O–H groups in total. The number of nitrogens with two attached hydrogens (primary N) is 1. The van der Waals surface area contributed by atoms with Crippen molar-refractivity contribution in [3.63, 3.8) is 0 Å². The van der Waals surface area contributed by atoms with Crippen molar-refractivity contribution in [2.24, 2.45) is 11.1 Å². The Labute approximate surface area is 137 Å². The fraction of sp³-hybridized carbons (Fsp3) is 0.333. The predicted octanol–water partition coefficient (Wildman–Crippen LogP) is 3.11. The van der Waals surface area contributed by atoms with Gasteiger partial charge in [-0.05, 0) is 18.3 Å². The highest BCUT2D eigenvalue weighted by molar-refractivity contribution is 7.15. The van der Waals surface area contributed by atoms with E-state index in [9.17, 15) is 4.39 Å². The van der Waals surface area contributed by atoms with Gasteiger partial charge in [0.25, 0.3) is 0 Å². The Kier molecular flexibility index (Phi) is 3.85. The molecule has 3 rings (SSSR count). The maximum absolute atomic E-state index is 12.9. The predicted molar refractivity (Wildman–Crippen MR) is 89.4 cm³/mol. The van der Waals surface area contributed by atoms with Crippen molar-refractivity contribution in [1.29, 1.82) is 5.41 Å². The van der Waals surface area contributed by atoms with Crippen LogP contribution in [-0.2, 0) is 6.42 Å². The highest BCUT2D eigenvalue weighted by atomic mass is 32.1. The summed E-state index contributed by atoms with van der Waals surface area (Å²) in [5.41, 5.74) is 8.24. The molecule has 120 valence electrons. The van der Waals surface area contributed by atoms with Crippen molar-refractivity contribution >= 4 is 34.2 Å². The molecule has 0 amide bonds. The van der Waals surface area contributed by atoms with E-state index in [1.54, 1.807) is 0 Å². The molecule has 0 aromatic carbocycles. The minimum Gasteiger partial charge on any atom is -0.401 e. The normalized spacial score (nSPS) is 16.7. The van der Waals surface area contributed by atoms with Gasteiger partial charge in [0.15, 0.2) is 10.9 Å². The number of aromatic nitrogens is 3. The molecule has 0 aliphatic heterocycles. The molecule has 2 heterocycles. The maximum atomic E-state index is 12.9. The average molecular weight is 332 g/mol. The van der Waals surface area contributed by atoms with Crippen molar-refractivity contribution in [2.75, 3.05) is 5.32 Å². The lowest BCUT2D eigenvalue weighted by Crippen LogP contribution is -2.17. The molecule has 1 aliphatic rings. The number of rotatable bonds is 3. The number of hydrogen-bond donors (Lipinski definition) is 3. The summed E-state index contributed by atoms with van der Waals surface area (Å²) in [7, 11) is 0. The highest BCUT2D eigenvalue weighted by Gasteiger charge is 2.29. The molecule has 0 spiro atoms. The van der Waals surface area contributed by atoms with Crippen LogP contribution in [-0.4, -0.2) is 21.2 Å². The zero-order valence-corrected chi connectivity index (χ0v) is 13.7. The fourth-order valence-corrected chi connectivity index (χ4v) is 3.86. The van der Waals surface area contributed by atoms with E-state index in [2.05, 4.69) is 34.1 Å². The van der Waals surface area contributed by atoms with Gasteiger partial charge in [-0.25, -0.2) is 19.3 Å². The molecule has 6 nitrogen and oxygen atoms in total. The van der Waals surface area contributed by atoms with Crippen LogP contribution >= 0.6 is 11.3 Å². The first-order valence-corrected chi connectivity index (χ1v) is 7.93. The van der Waals surface area contributed by atoms with Crippen LogP contribution in [0.2, 0.25) is 0 Å². The van der Waals surface area contributed by atoms with E-state index >= 15 is 0 Å². The number of nitrogens with zero attached hydrogens (tertiary/aromatic N) is 3. The molecule has 0 saturated carbocycles. The number of anilines is 2. The summed E-state index contributed by atoms with van der Waals surface area (Å²) in [6, 6.07) is 0. The Balaban J connectivity index is 1.98. The number of nitrogens with one attached hydrogen (secondary N) is 2. The van der Waals surface area contributed by atoms with Gasteiger partial charge in [0.05, 0.1) is 18.1 Å². The van der Waals surface area contributed by atoms with E-state index in [0.29, 0.717) is 16.4 Å². The summed E-state index contributed by atoms with van der Waals surface area (Å²) in [5.74, 6) is -0.211. The Morgan fingerprint density at radius 1 is 1.35 bits per heavy atom. The van der Waals surface area contributed by atoms with E-state index in [-0.39, 0.29) is 11.4 Å². The third-order valence-corrected chi connectivity index (χ3v) is 4.56. The molecule has 0 bridgehead atoms. The lowest BCUT2D eigenvalue weighted by molar-refractivity contribution is 0.364. The van der Waals surface area contributed by atoms with E-state index in [1.165, 1.54) is 17.6 Å². The molecular weight excluding hydrogens is 315 g/mol. The van der Waals surface area contributed by atoms with E-state index in [0.717, 1.165) is 35.8 Å². The summed E-state index contributed by atoms with van der Waals surface area (Å²) in [6.07, 6.45) is 5.00. The van der Waals surface area contributed by atoms with Crippen LogP contribution in [0.1, 0.15) is 30.8 Å². The largest absolute Gasteiger partial charge is 0.401 e. The van der Waals surface area contributed by atoms with Crippen LogP contribution in [0, 0.1) is 16.6 Å². The second-order valence-electron chi connectivity index (χ2n) is 6.24. The first kappa shape index (κ1) is 15.5. The fourth-order valence-electron chi connectivity index (χ4n) is 2.63. The molecule has 0 radical (unpaired) electrons. The zero-order valence-electron chi connectivity index (χ0n) is 12.9. The molecule has 2 aromatic rings. The standard InChI is InChI=1S/C15H17FN6S/c1-15(2)3-10(18)9(5-17)12-11(4-15)23-14(21-12)22-13-19-6-8(16)7-20-13/h5-7,17H,3-4,18H2,1-2H3,(H,19,20,21,22). The first-order valence-electron chi connectivity index (χ1n) is 7.12. The van der Waals surface area contributed by atoms with Crippen LogP contribution in [0.3, 0.4) is 0 Å². The van der Waals surface area contributed by atoms with Gasteiger partial charge >= 0.3 is 0 Å². The minimum absolute atomic E-state index is 0.000226. The SMILES string of the molecule is CC1(C)CC(N)=C(C=N)c2nc(Nc3ncc(F)cn3)sc2C1. The van der Waals surface area contributed by atoms with Crippen molar-refractivity contribution < 1.29 is 4.39 Å². The Morgan fingerprint density at radius 3 is 2.70 bits per heavy atom. The quantitative estimate of drug-likeness (QED) is 0.750. The van der Waals surface area contributed by atoms with E-state index < -0.39 is 5.82 Å². The summed E-state index contributed by atoms with van der Waals surface area (Å²) in [6.45, 7) is 4.29. The molecule has 8 heteroatoms.